The third kappa shape index (κ3) is 3.29. The first-order valence-corrected chi connectivity index (χ1v) is 10.2. The Morgan fingerprint density at radius 3 is 2.71 bits per heavy atom. The molecule has 8 heteroatoms. The number of hydrogen-bond acceptors (Lipinski definition) is 6. The molecule has 0 saturated heterocycles. The largest absolute Gasteiger partial charge is 0.432 e. The molecule has 2 N–H and O–H groups in total. The summed E-state index contributed by atoms with van der Waals surface area (Å²) >= 11 is 0. The lowest BCUT2D eigenvalue weighted by Crippen LogP contribution is -2.42. The Morgan fingerprint density at radius 2 is 1.97 bits per heavy atom. The molecule has 4 aromatic rings. The van der Waals surface area contributed by atoms with Crippen molar-refractivity contribution < 1.29 is 14.3 Å². The van der Waals surface area contributed by atoms with Crippen LogP contribution < -0.4 is 0 Å². The van der Waals surface area contributed by atoms with E-state index in [1.54, 1.807) is 25.1 Å². The fourth-order valence-electron chi connectivity index (χ4n) is 4.12. The summed E-state index contributed by atoms with van der Waals surface area (Å²) in [6.45, 7) is 5.62. The number of rotatable bonds is 3. The van der Waals surface area contributed by atoms with Crippen LogP contribution in [0.1, 0.15) is 66.3 Å². The Balaban J connectivity index is 1.60. The maximum Gasteiger partial charge on any atom is 0.292 e. The quantitative estimate of drug-likeness (QED) is 0.528. The van der Waals surface area contributed by atoms with Crippen molar-refractivity contribution in [1.29, 1.82) is 0 Å². The van der Waals surface area contributed by atoms with Crippen molar-refractivity contribution in [1.82, 2.24) is 24.8 Å². The molecule has 158 valence electrons. The molecule has 0 unspecified atom stereocenters. The van der Waals surface area contributed by atoms with Crippen molar-refractivity contribution in [3.05, 3.63) is 77.8 Å². The lowest BCUT2D eigenvalue weighted by molar-refractivity contribution is 0.0437. The fourth-order valence-corrected chi connectivity index (χ4v) is 4.12. The van der Waals surface area contributed by atoms with Crippen LogP contribution in [0.2, 0.25) is 0 Å². The predicted molar refractivity (Wildman–Crippen MR) is 113 cm³/mol. The summed E-state index contributed by atoms with van der Waals surface area (Å²) in [4.78, 5) is 31.7. The molecule has 0 radical (unpaired) electrons. The highest BCUT2D eigenvalue weighted by Crippen LogP contribution is 2.39. The van der Waals surface area contributed by atoms with Gasteiger partial charge < -0.3 is 19.4 Å². The third-order valence-corrected chi connectivity index (χ3v) is 5.66. The van der Waals surface area contributed by atoms with Crippen molar-refractivity contribution in [2.45, 2.75) is 38.3 Å². The van der Waals surface area contributed by atoms with Gasteiger partial charge in [0.2, 0.25) is 11.7 Å². The molecular formula is C23H23N5O3. The molecule has 31 heavy (non-hydrogen) atoms. The summed E-state index contributed by atoms with van der Waals surface area (Å²) in [5.41, 5.74) is 1.24. The zero-order chi connectivity index (χ0) is 21.8. The first kappa shape index (κ1) is 19.4. The SMILES string of the molecule is C[C@@H]1CN(C(=O)c2cnc(C(C)(C)O)o2)[C@H](c2cc3ccccc3cn2)c2[nH]cnc21. The van der Waals surface area contributed by atoms with Crippen molar-refractivity contribution in [2.24, 2.45) is 0 Å². The summed E-state index contributed by atoms with van der Waals surface area (Å²) in [6.07, 6.45) is 4.85. The highest BCUT2D eigenvalue weighted by atomic mass is 16.4. The molecular weight excluding hydrogens is 394 g/mol. The molecule has 4 heterocycles. The van der Waals surface area contributed by atoms with E-state index in [4.69, 9.17) is 4.42 Å². The summed E-state index contributed by atoms with van der Waals surface area (Å²) in [5.74, 6) is -0.0877. The molecule has 1 aromatic carbocycles. The van der Waals surface area contributed by atoms with Gasteiger partial charge in [-0.25, -0.2) is 9.97 Å². The van der Waals surface area contributed by atoms with Gasteiger partial charge in [-0.1, -0.05) is 31.2 Å². The monoisotopic (exact) mass is 417 g/mol. The Bertz CT molecular complexity index is 1270. The maximum absolute atomic E-state index is 13.5. The van der Waals surface area contributed by atoms with Crippen LogP contribution >= 0.6 is 0 Å². The average Bonchev–Trinajstić information content (AvgIpc) is 3.43. The van der Waals surface area contributed by atoms with Gasteiger partial charge in [0.15, 0.2) is 0 Å². The maximum atomic E-state index is 13.5. The Labute approximate surface area is 179 Å². The van der Waals surface area contributed by atoms with Crippen molar-refractivity contribution in [3.63, 3.8) is 0 Å². The third-order valence-electron chi connectivity index (χ3n) is 5.66. The second-order valence-electron chi connectivity index (χ2n) is 8.51. The van der Waals surface area contributed by atoms with Crippen LogP contribution in [0.15, 0.2) is 53.5 Å². The number of aromatic nitrogens is 4. The topological polar surface area (TPSA) is 108 Å². The van der Waals surface area contributed by atoms with E-state index in [1.165, 1.54) is 6.20 Å². The molecule has 0 spiro atoms. The van der Waals surface area contributed by atoms with Gasteiger partial charge in [-0.05, 0) is 25.3 Å². The number of amides is 1. The molecule has 0 fully saturated rings. The number of carbonyl (C=O) groups is 1. The lowest BCUT2D eigenvalue weighted by atomic mass is 9.92. The minimum atomic E-state index is -1.27. The van der Waals surface area contributed by atoms with Crippen molar-refractivity contribution in [2.75, 3.05) is 6.54 Å². The van der Waals surface area contributed by atoms with E-state index < -0.39 is 11.6 Å². The van der Waals surface area contributed by atoms with Gasteiger partial charge in [0, 0.05) is 24.0 Å². The van der Waals surface area contributed by atoms with Gasteiger partial charge in [0.1, 0.15) is 11.6 Å². The van der Waals surface area contributed by atoms with E-state index >= 15 is 0 Å². The number of aliphatic hydroxyl groups is 1. The highest BCUT2D eigenvalue weighted by Gasteiger charge is 2.39. The van der Waals surface area contributed by atoms with E-state index in [9.17, 15) is 9.90 Å². The van der Waals surface area contributed by atoms with Crippen LogP contribution in [-0.2, 0) is 5.60 Å². The average molecular weight is 417 g/mol. The van der Waals surface area contributed by atoms with Gasteiger partial charge in [-0.2, -0.15) is 0 Å². The van der Waals surface area contributed by atoms with E-state index in [1.807, 2.05) is 43.5 Å². The number of carbonyl (C=O) groups excluding carboxylic acids is 1. The van der Waals surface area contributed by atoms with Gasteiger partial charge in [0.05, 0.1) is 29.6 Å². The van der Waals surface area contributed by atoms with Crippen molar-refractivity contribution >= 4 is 16.7 Å². The molecule has 5 rings (SSSR count). The molecule has 1 aliphatic rings. The van der Waals surface area contributed by atoms with Crippen LogP contribution in [-0.4, -0.2) is 42.4 Å². The lowest BCUT2D eigenvalue weighted by Gasteiger charge is -2.37. The second-order valence-corrected chi connectivity index (χ2v) is 8.51. The smallest absolute Gasteiger partial charge is 0.292 e. The van der Waals surface area contributed by atoms with E-state index in [-0.39, 0.29) is 23.5 Å². The van der Waals surface area contributed by atoms with Crippen LogP contribution in [0.5, 0.6) is 0 Å². The number of nitrogens with zero attached hydrogens (tertiary/aromatic N) is 4. The number of oxazole rings is 1. The molecule has 2 atom stereocenters. The molecule has 3 aromatic heterocycles. The number of aromatic amines is 1. The first-order valence-electron chi connectivity index (χ1n) is 10.2. The first-order chi connectivity index (χ1) is 14.8. The normalized spacial score (nSPS) is 18.9. The van der Waals surface area contributed by atoms with Gasteiger partial charge in [-0.15, -0.1) is 0 Å². The summed E-state index contributed by atoms with van der Waals surface area (Å²) in [7, 11) is 0. The zero-order valence-corrected chi connectivity index (χ0v) is 17.5. The fraction of sp³-hybridized carbons (Fsp3) is 0.304. The van der Waals surface area contributed by atoms with Crippen LogP contribution in [0.25, 0.3) is 10.8 Å². The Kier molecular flexibility index (Phi) is 4.40. The number of fused-ring (bicyclic) bond motifs is 2. The van der Waals surface area contributed by atoms with Gasteiger partial charge in [-0.3, -0.25) is 9.78 Å². The Morgan fingerprint density at radius 1 is 1.19 bits per heavy atom. The summed E-state index contributed by atoms with van der Waals surface area (Å²) in [6, 6.07) is 9.54. The molecule has 8 nitrogen and oxygen atoms in total. The van der Waals surface area contributed by atoms with E-state index in [0.717, 1.165) is 27.9 Å². The molecule has 0 saturated carbocycles. The molecule has 0 bridgehead atoms. The summed E-state index contributed by atoms with van der Waals surface area (Å²) < 4.78 is 5.62. The number of H-pyrrole nitrogens is 1. The minimum Gasteiger partial charge on any atom is -0.432 e. The van der Waals surface area contributed by atoms with Crippen molar-refractivity contribution in [3.8, 4) is 0 Å². The van der Waals surface area contributed by atoms with Crippen LogP contribution in [0.4, 0.5) is 0 Å². The highest BCUT2D eigenvalue weighted by molar-refractivity contribution is 5.92. The minimum absolute atomic E-state index is 0.0404. The zero-order valence-electron chi connectivity index (χ0n) is 17.5. The molecule has 1 amide bonds. The number of hydrogen-bond donors (Lipinski definition) is 2. The van der Waals surface area contributed by atoms with Gasteiger partial charge >= 0.3 is 0 Å². The van der Waals surface area contributed by atoms with E-state index in [0.29, 0.717) is 6.54 Å². The number of nitrogens with one attached hydrogen (secondary N) is 1. The second kappa shape index (κ2) is 7.02. The number of imidazole rings is 1. The van der Waals surface area contributed by atoms with Crippen LogP contribution in [0, 0.1) is 0 Å². The van der Waals surface area contributed by atoms with Gasteiger partial charge in [0.25, 0.3) is 5.91 Å². The Hall–Kier alpha value is -3.52. The molecule has 1 aliphatic heterocycles. The predicted octanol–water partition coefficient (Wildman–Crippen LogP) is 3.52. The van der Waals surface area contributed by atoms with Crippen LogP contribution in [0.3, 0.4) is 0 Å². The number of benzene rings is 1. The standard InChI is InChI=1S/C23H23N5O3/c1-13-11-28(21(29)17-10-25-22(31-17)23(2,3)30)20(19-18(13)26-12-27-19)16-8-14-6-4-5-7-15(14)9-24-16/h4-10,12-13,20,30H,11H2,1-3H3,(H,26,27)/t13-,20-/m1/s1. The number of pyridine rings is 1. The van der Waals surface area contributed by atoms with E-state index in [2.05, 4.69) is 19.9 Å². The molecule has 0 aliphatic carbocycles. The summed E-state index contributed by atoms with van der Waals surface area (Å²) in [5, 5.41) is 12.2.